The van der Waals surface area contributed by atoms with Crippen LogP contribution in [0.5, 0.6) is 5.75 Å². The maximum absolute atomic E-state index is 12.8. The predicted molar refractivity (Wildman–Crippen MR) is 96.8 cm³/mol. The van der Waals surface area contributed by atoms with Crippen molar-refractivity contribution in [2.45, 2.75) is 17.9 Å². The molecule has 0 aromatic heterocycles. The van der Waals surface area contributed by atoms with E-state index in [1.165, 1.54) is 22.5 Å². The van der Waals surface area contributed by atoms with Gasteiger partial charge in [0.05, 0.1) is 16.6 Å². The number of sulfonamides is 1. The second-order valence-electron chi connectivity index (χ2n) is 6.01. The van der Waals surface area contributed by atoms with Gasteiger partial charge in [-0.3, -0.25) is 9.59 Å². The van der Waals surface area contributed by atoms with Crippen LogP contribution < -0.4 is 15.8 Å². The summed E-state index contributed by atoms with van der Waals surface area (Å²) in [6, 6.07) is 3.76. The van der Waals surface area contributed by atoms with E-state index >= 15 is 0 Å². The van der Waals surface area contributed by atoms with Crippen LogP contribution in [0.2, 0.25) is 0 Å². The molecule has 0 saturated carbocycles. The molecule has 2 amide bonds. The fraction of sp³-hybridized carbons (Fsp3) is 0.467. The summed E-state index contributed by atoms with van der Waals surface area (Å²) in [6.45, 7) is 2.50. The summed E-state index contributed by atoms with van der Waals surface area (Å²) in [6.07, 6.45) is 0. The predicted octanol–water partition coefficient (Wildman–Crippen LogP) is -0.381. The average molecular weight is 405 g/mol. The fourth-order valence-corrected chi connectivity index (χ4v) is 4.26. The van der Waals surface area contributed by atoms with E-state index in [-0.39, 0.29) is 48.8 Å². The van der Waals surface area contributed by atoms with Crippen LogP contribution in [0.15, 0.2) is 23.1 Å². The van der Waals surface area contributed by atoms with Gasteiger partial charge in [-0.05, 0) is 25.1 Å². The van der Waals surface area contributed by atoms with Gasteiger partial charge in [-0.2, -0.15) is 4.31 Å². The van der Waals surface area contributed by atoms with Crippen LogP contribution in [0, 0.1) is 0 Å². The lowest BCUT2D eigenvalue weighted by Crippen LogP contribution is -2.53. The molecule has 1 saturated heterocycles. The molecular formula is C15H21ClN4O5S. The lowest BCUT2D eigenvalue weighted by atomic mass is 10.2. The minimum atomic E-state index is -3.73. The largest absolute Gasteiger partial charge is 0.482 e. The van der Waals surface area contributed by atoms with Gasteiger partial charge in [0.15, 0.2) is 6.61 Å². The Morgan fingerprint density at radius 1 is 1.27 bits per heavy atom. The van der Waals surface area contributed by atoms with Crippen LogP contribution >= 0.6 is 12.4 Å². The van der Waals surface area contributed by atoms with E-state index < -0.39 is 16.1 Å². The second kappa shape index (κ2) is 7.78. The van der Waals surface area contributed by atoms with Gasteiger partial charge in [0.2, 0.25) is 15.9 Å². The molecular weight excluding hydrogens is 384 g/mol. The van der Waals surface area contributed by atoms with Crippen molar-refractivity contribution in [3.63, 3.8) is 0 Å². The number of nitrogens with one attached hydrogen (secondary N) is 1. The molecule has 26 heavy (non-hydrogen) atoms. The van der Waals surface area contributed by atoms with Crippen molar-refractivity contribution in [2.24, 2.45) is 5.73 Å². The number of halogens is 1. The number of nitrogens with zero attached hydrogens (tertiary/aromatic N) is 2. The number of rotatable bonds is 3. The Balaban J connectivity index is 0.00000243. The lowest BCUT2D eigenvalue weighted by Gasteiger charge is -2.34. The molecule has 2 aliphatic heterocycles. The highest BCUT2D eigenvalue weighted by molar-refractivity contribution is 7.89. The first-order valence-electron chi connectivity index (χ1n) is 7.90. The lowest BCUT2D eigenvalue weighted by molar-refractivity contribution is -0.133. The van der Waals surface area contributed by atoms with E-state index in [2.05, 4.69) is 5.32 Å². The van der Waals surface area contributed by atoms with Gasteiger partial charge in [0.25, 0.3) is 5.91 Å². The molecule has 11 heteroatoms. The van der Waals surface area contributed by atoms with Gasteiger partial charge in [0, 0.05) is 26.2 Å². The molecule has 9 nitrogen and oxygen atoms in total. The van der Waals surface area contributed by atoms with Crippen molar-refractivity contribution in [3.8, 4) is 5.75 Å². The van der Waals surface area contributed by atoms with Crippen molar-refractivity contribution in [2.75, 3.05) is 38.1 Å². The zero-order valence-electron chi connectivity index (χ0n) is 14.2. The maximum Gasteiger partial charge on any atom is 0.262 e. The number of hydrogen-bond acceptors (Lipinski definition) is 6. The fourth-order valence-electron chi connectivity index (χ4n) is 2.81. The highest BCUT2D eigenvalue weighted by Crippen LogP contribution is 2.31. The number of benzene rings is 1. The quantitative estimate of drug-likeness (QED) is 0.708. The highest BCUT2D eigenvalue weighted by Gasteiger charge is 2.31. The van der Waals surface area contributed by atoms with E-state index in [1.54, 1.807) is 11.8 Å². The zero-order valence-corrected chi connectivity index (χ0v) is 15.8. The number of piperazine rings is 1. The van der Waals surface area contributed by atoms with E-state index in [9.17, 15) is 18.0 Å². The van der Waals surface area contributed by atoms with E-state index in [4.69, 9.17) is 10.5 Å². The maximum atomic E-state index is 12.8. The van der Waals surface area contributed by atoms with Crippen LogP contribution in [0.25, 0.3) is 0 Å². The molecule has 0 aliphatic carbocycles. The molecule has 2 heterocycles. The normalized spacial score (nSPS) is 18.8. The summed E-state index contributed by atoms with van der Waals surface area (Å²) in [5.74, 6) is -0.0818. The highest BCUT2D eigenvalue weighted by atomic mass is 35.5. The van der Waals surface area contributed by atoms with Crippen LogP contribution in [0.3, 0.4) is 0 Å². The third-order valence-electron chi connectivity index (χ3n) is 4.16. The van der Waals surface area contributed by atoms with Gasteiger partial charge in [-0.25, -0.2) is 8.42 Å². The van der Waals surface area contributed by atoms with Crippen LogP contribution in [-0.2, 0) is 19.6 Å². The molecule has 2 aliphatic rings. The minimum absolute atomic E-state index is 0. The molecule has 0 radical (unpaired) electrons. The number of ether oxygens (including phenoxy) is 1. The SMILES string of the molecule is C[C@H](N)C(=O)N1CCN(S(=O)(=O)c2ccc3c(c2)NC(=O)CO3)CC1.Cl. The van der Waals surface area contributed by atoms with Gasteiger partial charge in [-0.15, -0.1) is 12.4 Å². The second-order valence-corrected chi connectivity index (χ2v) is 7.95. The summed E-state index contributed by atoms with van der Waals surface area (Å²) in [5.41, 5.74) is 5.92. The van der Waals surface area contributed by atoms with Gasteiger partial charge in [0.1, 0.15) is 5.75 Å². The van der Waals surface area contributed by atoms with Crippen molar-refractivity contribution in [1.82, 2.24) is 9.21 Å². The standard InChI is InChI=1S/C15H20N4O5S.ClH/c1-10(16)15(21)18-4-6-19(7-5-18)25(22,23)11-2-3-13-12(8-11)17-14(20)9-24-13;/h2-3,8,10H,4-7,9,16H2,1H3,(H,17,20);1H/t10-;/m0./s1. The molecule has 1 aromatic carbocycles. The Kier molecular flexibility index (Phi) is 6.12. The van der Waals surface area contributed by atoms with Gasteiger partial charge >= 0.3 is 0 Å². The average Bonchev–Trinajstić information content (AvgIpc) is 2.60. The van der Waals surface area contributed by atoms with Crippen molar-refractivity contribution in [1.29, 1.82) is 0 Å². The first-order valence-corrected chi connectivity index (χ1v) is 9.34. The number of carbonyl (C=O) groups is 2. The number of anilines is 1. The summed E-state index contributed by atoms with van der Waals surface area (Å²) < 4.78 is 32.2. The Morgan fingerprint density at radius 2 is 1.92 bits per heavy atom. The number of carbonyl (C=O) groups excluding carboxylic acids is 2. The molecule has 0 unspecified atom stereocenters. The molecule has 1 atom stereocenters. The summed E-state index contributed by atoms with van der Waals surface area (Å²) in [5, 5.41) is 2.60. The number of amides is 2. The first kappa shape index (κ1) is 20.4. The summed E-state index contributed by atoms with van der Waals surface area (Å²) in [7, 11) is -3.73. The van der Waals surface area contributed by atoms with Crippen LogP contribution in [0.4, 0.5) is 5.69 Å². The monoisotopic (exact) mass is 404 g/mol. The molecule has 0 spiro atoms. The number of hydrogen-bond donors (Lipinski definition) is 2. The van der Waals surface area contributed by atoms with E-state index in [0.29, 0.717) is 24.5 Å². The van der Waals surface area contributed by atoms with Crippen molar-refractivity contribution in [3.05, 3.63) is 18.2 Å². The topological polar surface area (TPSA) is 122 Å². The van der Waals surface area contributed by atoms with E-state index in [1.807, 2.05) is 0 Å². The molecule has 1 aromatic rings. The van der Waals surface area contributed by atoms with Gasteiger partial charge < -0.3 is 20.7 Å². The number of fused-ring (bicyclic) bond motifs is 1. The molecule has 3 rings (SSSR count). The zero-order chi connectivity index (χ0) is 18.2. The van der Waals surface area contributed by atoms with Gasteiger partial charge in [-0.1, -0.05) is 0 Å². The Labute approximate surface area is 157 Å². The van der Waals surface area contributed by atoms with Crippen molar-refractivity contribution >= 4 is 39.9 Å². The molecule has 0 bridgehead atoms. The Hall–Kier alpha value is -1.88. The van der Waals surface area contributed by atoms with E-state index in [0.717, 1.165) is 0 Å². The number of nitrogens with two attached hydrogens (primary N) is 1. The minimum Gasteiger partial charge on any atom is -0.482 e. The Morgan fingerprint density at radius 3 is 2.54 bits per heavy atom. The smallest absolute Gasteiger partial charge is 0.262 e. The van der Waals surface area contributed by atoms with Crippen LogP contribution in [-0.4, -0.2) is 68.3 Å². The molecule has 1 fully saturated rings. The molecule has 144 valence electrons. The molecule has 3 N–H and O–H groups in total. The summed E-state index contributed by atoms with van der Waals surface area (Å²) >= 11 is 0. The summed E-state index contributed by atoms with van der Waals surface area (Å²) in [4.78, 5) is 24.9. The Bertz CT molecular complexity index is 806. The third kappa shape index (κ3) is 3.93. The first-order chi connectivity index (χ1) is 11.8. The van der Waals surface area contributed by atoms with Crippen molar-refractivity contribution < 1.29 is 22.7 Å². The van der Waals surface area contributed by atoms with Crippen LogP contribution in [0.1, 0.15) is 6.92 Å². The third-order valence-corrected chi connectivity index (χ3v) is 6.06.